The van der Waals surface area contributed by atoms with Crippen LogP contribution in [-0.2, 0) is 27.6 Å². The lowest BCUT2D eigenvalue weighted by molar-refractivity contribution is 0.413. The average Bonchev–Trinajstić information content (AvgIpc) is 2.98. The first-order valence-corrected chi connectivity index (χ1v) is 8.93. The number of benzene rings is 1. The van der Waals surface area contributed by atoms with Crippen LogP contribution in [0.1, 0.15) is 37.6 Å². The van der Waals surface area contributed by atoms with Crippen molar-refractivity contribution in [2.75, 3.05) is 6.54 Å². The molecule has 0 amide bonds. The molecule has 2 rings (SSSR count). The Labute approximate surface area is 131 Å². The molecule has 0 saturated carbocycles. The van der Waals surface area contributed by atoms with Crippen LogP contribution in [0.15, 0.2) is 41.1 Å². The van der Waals surface area contributed by atoms with E-state index in [-0.39, 0.29) is 11.2 Å². The van der Waals surface area contributed by atoms with Gasteiger partial charge in [0.1, 0.15) is 12.0 Å². The van der Waals surface area contributed by atoms with Crippen LogP contribution in [0.25, 0.3) is 0 Å². The van der Waals surface area contributed by atoms with Gasteiger partial charge in [-0.3, -0.25) is 0 Å². The molecule has 0 atom stereocenters. The molecule has 0 aliphatic rings. The first-order valence-electron chi connectivity index (χ1n) is 7.28. The summed E-state index contributed by atoms with van der Waals surface area (Å²) < 4.78 is 31.5. The van der Waals surface area contributed by atoms with Crippen molar-refractivity contribution in [3.63, 3.8) is 0 Å². The summed E-state index contributed by atoms with van der Waals surface area (Å²) in [6, 6.07) is 9.84. The van der Waals surface area contributed by atoms with Crippen LogP contribution in [0.5, 0.6) is 0 Å². The summed E-state index contributed by atoms with van der Waals surface area (Å²) in [7, 11) is -3.43. The molecule has 6 heteroatoms. The Kier molecular flexibility index (Phi) is 5.03. The maximum atomic E-state index is 12.1. The fourth-order valence-electron chi connectivity index (χ4n) is 2.14. The van der Waals surface area contributed by atoms with Crippen molar-refractivity contribution >= 4 is 10.0 Å². The van der Waals surface area contributed by atoms with E-state index < -0.39 is 10.0 Å². The lowest BCUT2D eigenvalue weighted by Gasteiger charge is -2.25. The Bertz CT molecular complexity index is 690. The molecule has 5 nitrogen and oxygen atoms in total. The zero-order valence-electron chi connectivity index (χ0n) is 13.2. The first-order chi connectivity index (χ1) is 10.3. The largest absolute Gasteiger partial charge is 0.364 e. The van der Waals surface area contributed by atoms with E-state index in [1.165, 1.54) is 11.8 Å². The monoisotopic (exact) mass is 322 g/mol. The van der Waals surface area contributed by atoms with Crippen molar-refractivity contribution in [2.24, 2.45) is 0 Å². The van der Waals surface area contributed by atoms with E-state index in [1.54, 1.807) is 6.07 Å². The van der Waals surface area contributed by atoms with Gasteiger partial charge in [0.25, 0.3) is 0 Å². The summed E-state index contributed by atoms with van der Waals surface area (Å²) in [6.07, 6.45) is 2.36. The molecule has 22 heavy (non-hydrogen) atoms. The van der Waals surface area contributed by atoms with E-state index in [0.29, 0.717) is 12.2 Å². The van der Waals surface area contributed by atoms with Crippen LogP contribution in [0.3, 0.4) is 0 Å². The van der Waals surface area contributed by atoms with Crippen molar-refractivity contribution in [3.8, 4) is 0 Å². The minimum absolute atomic E-state index is 0.172. The summed E-state index contributed by atoms with van der Waals surface area (Å²) in [5, 5.41) is 3.63. The normalized spacial score (nSPS) is 12.5. The Morgan fingerprint density at radius 3 is 2.41 bits per heavy atom. The number of rotatable bonds is 7. The molecule has 0 fully saturated rings. The van der Waals surface area contributed by atoms with Gasteiger partial charge in [0.05, 0.1) is 5.69 Å². The zero-order valence-corrected chi connectivity index (χ0v) is 14.0. The second kappa shape index (κ2) is 6.62. The fourth-order valence-corrected chi connectivity index (χ4v) is 3.36. The second-order valence-corrected chi connectivity index (χ2v) is 7.81. The highest BCUT2D eigenvalue weighted by Gasteiger charge is 2.24. The highest BCUT2D eigenvalue weighted by Crippen LogP contribution is 2.23. The van der Waals surface area contributed by atoms with Gasteiger partial charge in [-0.25, -0.2) is 13.1 Å². The van der Waals surface area contributed by atoms with E-state index in [4.69, 9.17) is 0 Å². The summed E-state index contributed by atoms with van der Waals surface area (Å²) in [5.74, 6) is -0.172. The predicted molar refractivity (Wildman–Crippen MR) is 86.0 cm³/mol. The standard InChI is InChI=1S/C16H22N2O3S/c1-4-13-5-7-14(8-6-13)16(2,3)12-17-22(19,20)11-15-9-10-21-18-15/h5-10,17H,4,11-12H2,1-3H3. The molecule has 0 spiro atoms. The number of nitrogens with one attached hydrogen (secondary N) is 1. The third kappa shape index (κ3) is 4.42. The Hall–Kier alpha value is -1.66. The SMILES string of the molecule is CCc1ccc(C(C)(C)CNS(=O)(=O)Cc2ccon2)cc1. The first kappa shape index (κ1) is 16.7. The maximum Gasteiger partial charge on any atom is 0.217 e. The van der Waals surface area contributed by atoms with Crippen LogP contribution in [-0.4, -0.2) is 20.1 Å². The number of aryl methyl sites for hydroxylation is 1. The second-order valence-electron chi connectivity index (χ2n) is 6.01. The summed E-state index contributed by atoms with van der Waals surface area (Å²) in [6.45, 7) is 6.48. The number of sulfonamides is 1. The highest BCUT2D eigenvalue weighted by atomic mass is 32.2. The molecular weight excluding hydrogens is 300 g/mol. The van der Waals surface area contributed by atoms with Crippen molar-refractivity contribution in [1.29, 1.82) is 0 Å². The Morgan fingerprint density at radius 1 is 1.18 bits per heavy atom. The number of hydrogen-bond donors (Lipinski definition) is 1. The number of nitrogens with zero attached hydrogens (tertiary/aromatic N) is 1. The average molecular weight is 322 g/mol. The number of aromatic nitrogens is 1. The van der Waals surface area contributed by atoms with E-state index in [1.807, 2.05) is 13.8 Å². The summed E-state index contributed by atoms with van der Waals surface area (Å²) in [4.78, 5) is 0. The van der Waals surface area contributed by atoms with Crippen LogP contribution >= 0.6 is 0 Å². The van der Waals surface area contributed by atoms with Crippen molar-refractivity contribution in [3.05, 3.63) is 53.4 Å². The van der Waals surface area contributed by atoms with Crippen molar-refractivity contribution in [1.82, 2.24) is 9.88 Å². The van der Waals surface area contributed by atoms with E-state index in [0.717, 1.165) is 12.0 Å². The molecule has 0 unspecified atom stereocenters. The smallest absolute Gasteiger partial charge is 0.217 e. The summed E-state index contributed by atoms with van der Waals surface area (Å²) in [5.41, 5.74) is 2.49. The summed E-state index contributed by atoms with van der Waals surface area (Å²) >= 11 is 0. The molecule has 0 saturated heterocycles. The van der Waals surface area contributed by atoms with E-state index in [2.05, 4.69) is 45.6 Å². The quantitative estimate of drug-likeness (QED) is 0.850. The van der Waals surface area contributed by atoms with Gasteiger partial charge in [-0.05, 0) is 17.5 Å². The minimum Gasteiger partial charge on any atom is -0.364 e. The van der Waals surface area contributed by atoms with Crippen LogP contribution in [0, 0.1) is 0 Å². The third-order valence-corrected chi connectivity index (χ3v) is 4.97. The predicted octanol–water partition coefficient (Wildman–Crippen LogP) is 2.63. The van der Waals surface area contributed by atoms with E-state index in [9.17, 15) is 8.42 Å². The van der Waals surface area contributed by atoms with E-state index >= 15 is 0 Å². The molecule has 1 aromatic heterocycles. The maximum absolute atomic E-state index is 12.1. The molecular formula is C16H22N2O3S. The van der Waals surface area contributed by atoms with Gasteiger partial charge in [-0.15, -0.1) is 0 Å². The number of hydrogen-bond acceptors (Lipinski definition) is 4. The molecule has 0 aliphatic heterocycles. The molecule has 120 valence electrons. The van der Waals surface area contributed by atoms with Crippen LogP contribution in [0.4, 0.5) is 0 Å². The molecule has 0 radical (unpaired) electrons. The van der Waals surface area contributed by atoms with Crippen LogP contribution < -0.4 is 4.72 Å². The van der Waals surface area contributed by atoms with Gasteiger partial charge < -0.3 is 4.52 Å². The van der Waals surface area contributed by atoms with Gasteiger partial charge in [0.2, 0.25) is 10.0 Å². The molecule has 1 heterocycles. The highest BCUT2D eigenvalue weighted by molar-refractivity contribution is 7.88. The molecule has 0 bridgehead atoms. The molecule has 2 aromatic rings. The lowest BCUT2D eigenvalue weighted by atomic mass is 9.84. The fraction of sp³-hybridized carbons (Fsp3) is 0.438. The Morgan fingerprint density at radius 2 is 1.86 bits per heavy atom. The molecule has 1 aromatic carbocycles. The molecule has 0 aliphatic carbocycles. The van der Waals surface area contributed by atoms with Crippen molar-refractivity contribution in [2.45, 2.75) is 38.4 Å². The van der Waals surface area contributed by atoms with Gasteiger partial charge in [-0.1, -0.05) is 50.2 Å². The lowest BCUT2D eigenvalue weighted by Crippen LogP contribution is -2.37. The van der Waals surface area contributed by atoms with Gasteiger partial charge in [0, 0.05) is 18.0 Å². The zero-order chi connectivity index (χ0) is 16.2. The molecule has 1 N–H and O–H groups in total. The van der Waals surface area contributed by atoms with Gasteiger partial charge in [-0.2, -0.15) is 0 Å². The van der Waals surface area contributed by atoms with Gasteiger partial charge in [0.15, 0.2) is 0 Å². The van der Waals surface area contributed by atoms with Gasteiger partial charge >= 0.3 is 0 Å². The topological polar surface area (TPSA) is 72.2 Å². The van der Waals surface area contributed by atoms with Crippen LogP contribution in [0.2, 0.25) is 0 Å². The third-order valence-electron chi connectivity index (χ3n) is 3.71. The Balaban J connectivity index is 2.01. The minimum atomic E-state index is -3.43. The van der Waals surface area contributed by atoms with Crippen molar-refractivity contribution < 1.29 is 12.9 Å².